The zero-order valence-electron chi connectivity index (χ0n) is 16.9. The lowest BCUT2D eigenvalue weighted by atomic mass is 9.96. The average molecular weight is 414 g/mol. The monoisotopic (exact) mass is 414 g/mol. The normalized spacial score (nSPS) is 12.4. The Balaban J connectivity index is 1.72. The third-order valence-corrected chi connectivity index (χ3v) is 5.37. The summed E-state index contributed by atoms with van der Waals surface area (Å²) in [5.74, 6) is 0.153. The number of hydrogen-bond acceptors (Lipinski definition) is 5. The SMILES string of the molecule is Cc1cccc2cc(C(C)Nc3ncnc4[nH]cnc34)c(-c3cccc(F)c3)c(=O)n12. The molecule has 0 saturated carbocycles. The largest absolute Gasteiger partial charge is 0.362 e. The zero-order valence-corrected chi connectivity index (χ0v) is 16.9. The molecule has 0 saturated heterocycles. The number of imidazole rings is 1. The number of aryl methyl sites for hydroxylation is 1. The highest BCUT2D eigenvalue weighted by atomic mass is 19.1. The lowest BCUT2D eigenvalue weighted by molar-refractivity contribution is 0.628. The van der Waals surface area contributed by atoms with Crippen molar-refractivity contribution >= 4 is 22.5 Å². The van der Waals surface area contributed by atoms with Crippen molar-refractivity contribution in [2.45, 2.75) is 19.9 Å². The fraction of sp³-hybridized carbons (Fsp3) is 0.130. The van der Waals surface area contributed by atoms with Gasteiger partial charge in [0.25, 0.3) is 5.56 Å². The number of fused-ring (bicyclic) bond motifs is 2. The van der Waals surface area contributed by atoms with Gasteiger partial charge in [0.05, 0.1) is 17.9 Å². The van der Waals surface area contributed by atoms with Gasteiger partial charge in [-0.25, -0.2) is 19.3 Å². The number of benzene rings is 1. The van der Waals surface area contributed by atoms with Crippen LogP contribution in [-0.2, 0) is 0 Å². The second kappa shape index (κ2) is 7.32. The minimum absolute atomic E-state index is 0.197. The molecule has 7 nitrogen and oxygen atoms in total. The van der Waals surface area contributed by atoms with Gasteiger partial charge in [0.2, 0.25) is 0 Å². The Bertz CT molecular complexity index is 1490. The van der Waals surface area contributed by atoms with Gasteiger partial charge in [-0.2, -0.15) is 0 Å². The lowest BCUT2D eigenvalue weighted by Crippen LogP contribution is -2.22. The van der Waals surface area contributed by atoms with Gasteiger partial charge >= 0.3 is 0 Å². The highest BCUT2D eigenvalue weighted by molar-refractivity contribution is 5.82. The molecule has 154 valence electrons. The van der Waals surface area contributed by atoms with Crippen LogP contribution in [0.5, 0.6) is 0 Å². The van der Waals surface area contributed by atoms with Gasteiger partial charge in [-0.05, 0) is 55.3 Å². The van der Waals surface area contributed by atoms with Crippen LogP contribution in [-0.4, -0.2) is 24.3 Å². The molecule has 1 atom stereocenters. The molecule has 0 fully saturated rings. The summed E-state index contributed by atoms with van der Waals surface area (Å²) in [6.45, 7) is 3.81. The summed E-state index contributed by atoms with van der Waals surface area (Å²) in [6, 6.07) is 13.4. The van der Waals surface area contributed by atoms with Crippen LogP contribution in [0.4, 0.5) is 10.2 Å². The Morgan fingerprint density at radius 2 is 1.94 bits per heavy atom. The highest BCUT2D eigenvalue weighted by Gasteiger charge is 2.20. The molecule has 4 heterocycles. The number of rotatable bonds is 4. The van der Waals surface area contributed by atoms with Gasteiger partial charge in [0, 0.05) is 11.2 Å². The van der Waals surface area contributed by atoms with Crippen LogP contribution < -0.4 is 10.9 Å². The molecule has 0 amide bonds. The molecule has 0 radical (unpaired) electrons. The number of H-pyrrole nitrogens is 1. The molecule has 8 heteroatoms. The van der Waals surface area contributed by atoms with Crippen LogP contribution >= 0.6 is 0 Å². The fourth-order valence-electron chi connectivity index (χ4n) is 3.92. The molecule has 0 aliphatic carbocycles. The molecule has 0 aliphatic rings. The number of anilines is 1. The quantitative estimate of drug-likeness (QED) is 0.459. The van der Waals surface area contributed by atoms with Crippen molar-refractivity contribution in [1.29, 1.82) is 0 Å². The van der Waals surface area contributed by atoms with E-state index in [9.17, 15) is 9.18 Å². The van der Waals surface area contributed by atoms with E-state index in [1.807, 2.05) is 38.1 Å². The van der Waals surface area contributed by atoms with Crippen LogP contribution in [0.3, 0.4) is 0 Å². The minimum Gasteiger partial charge on any atom is -0.362 e. The fourth-order valence-corrected chi connectivity index (χ4v) is 3.92. The predicted molar refractivity (Wildman–Crippen MR) is 118 cm³/mol. The van der Waals surface area contributed by atoms with Crippen LogP contribution in [0.15, 0.2) is 66.0 Å². The van der Waals surface area contributed by atoms with Gasteiger partial charge in [0.15, 0.2) is 11.5 Å². The van der Waals surface area contributed by atoms with Crippen molar-refractivity contribution < 1.29 is 4.39 Å². The first kappa shape index (κ1) is 18.9. The lowest BCUT2D eigenvalue weighted by Gasteiger charge is -2.20. The number of nitrogens with zero attached hydrogens (tertiary/aromatic N) is 4. The minimum atomic E-state index is -0.396. The number of pyridine rings is 2. The molecule has 0 aliphatic heterocycles. The predicted octanol–water partition coefficient (Wildman–Crippen LogP) is 4.25. The van der Waals surface area contributed by atoms with Crippen molar-refractivity contribution in [1.82, 2.24) is 24.3 Å². The molecule has 0 spiro atoms. The van der Waals surface area contributed by atoms with E-state index >= 15 is 0 Å². The Morgan fingerprint density at radius 1 is 1.10 bits per heavy atom. The average Bonchev–Trinajstić information content (AvgIpc) is 3.23. The van der Waals surface area contributed by atoms with E-state index in [1.165, 1.54) is 18.5 Å². The van der Waals surface area contributed by atoms with E-state index in [-0.39, 0.29) is 11.6 Å². The van der Waals surface area contributed by atoms with Crippen LogP contribution in [0, 0.1) is 12.7 Å². The van der Waals surface area contributed by atoms with Gasteiger partial charge in [-0.15, -0.1) is 0 Å². The molecule has 5 aromatic rings. The van der Waals surface area contributed by atoms with E-state index < -0.39 is 5.82 Å². The van der Waals surface area contributed by atoms with Crippen LogP contribution in [0.1, 0.15) is 24.2 Å². The topological polar surface area (TPSA) is 88.0 Å². The number of aromatic amines is 1. The van der Waals surface area contributed by atoms with Gasteiger partial charge < -0.3 is 10.3 Å². The summed E-state index contributed by atoms with van der Waals surface area (Å²) in [6.07, 6.45) is 3.00. The van der Waals surface area contributed by atoms with E-state index in [0.29, 0.717) is 28.1 Å². The van der Waals surface area contributed by atoms with Crippen LogP contribution in [0.25, 0.3) is 27.8 Å². The molecule has 1 unspecified atom stereocenters. The third-order valence-electron chi connectivity index (χ3n) is 5.37. The number of halogens is 1. The summed E-state index contributed by atoms with van der Waals surface area (Å²) in [4.78, 5) is 29.3. The van der Waals surface area contributed by atoms with Gasteiger partial charge in [0.1, 0.15) is 17.7 Å². The van der Waals surface area contributed by atoms with Crippen molar-refractivity contribution in [3.63, 3.8) is 0 Å². The number of aromatic nitrogens is 5. The maximum atomic E-state index is 14.0. The van der Waals surface area contributed by atoms with Crippen molar-refractivity contribution in [3.05, 3.63) is 88.6 Å². The summed E-state index contributed by atoms with van der Waals surface area (Å²) in [5.41, 5.74) is 4.31. The van der Waals surface area contributed by atoms with Crippen molar-refractivity contribution in [2.75, 3.05) is 5.32 Å². The number of hydrogen-bond donors (Lipinski definition) is 2. The molecular formula is C23H19FN6O. The van der Waals surface area contributed by atoms with E-state index in [4.69, 9.17) is 0 Å². The first-order valence-corrected chi connectivity index (χ1v) is 9.85. The molecule has 2 N–H and O–H groups in total. The molecule has 0 bridgehead atoms. The molecule has 4 aromatic heterocycles. The summed E-state index contributed by atoms with van der Waals surface area (Å²) >= 11 is 0. The Labute approximate surface area is 176 Å². The summed E-state index contributed by atoms with van der Waals surface area (Å²) < 4.78 is 15.7. The van der Waals surface area contributed by atoms with E-state index in [1.54, 1.807) is 22.9 Å². The maximum Gasteiger partial charge on any atom is 0.263 e. The summed E-state index contributed by atoms with van der Waals surface area (Å²) in [7, 11) is 0. The second-order valence-corrected chi connectivity index (χ2v) is 7.41. The van der Waals surface area contributed by atoms with Crippen LogP contribution in [0.2, 0.25) is 0 Å². The van der Waals surface area contributed by atoms with Gasteiger partial charge in [-0.1, -0.05) is 18.2 Å². The Hall–Kier alpha value is -4.07. The van der Waals surface area contributed by atoms with E-state index in [2.05, 4.69) is 25.3 Å². The molecule has 5 rings (SSSR count). The molecule has 1 aromatic carbocycles. The second-order valence-electron chi connectivity index (χ2n) is 7.41. The van der Waals surface area contributed by atoms with E-state index in [0.717, 1.165) is 16.8 Å². The highest BCUT2D eigenvalue weighted by Crippen LogP contribution is 2.30. The smallest absolute Gasteiger partial charge is 0.263 e. The zero-order chi connectivity index (χ0) is 21.5. The van der Waals surface area contributed by atoms with Gasteiger partial charge in [-0.3, -0.25) is 9.20 Å². The Morgan fingerprint density at radius 3 is 2.77 bits per heavy atom. The first-order valence-electron chi connectivity index (χ1n) is 9.85. The van der Waals surface area contributed by atoms with Crippen molar-refractivity contribution in [3.8, 4) is 11.1 Å². The maximum absolute atomic E-state index is 14.0. The Kier molecular flexibility index (Phi) is 4.47. The standard InChI is InChI=1S/C23H19FN6O/c1-13-5-3-8-17-10-18(14(2)29-22-20-21(26-11-25-20)27-12-28-22)19(23(31)30(13)17)15-6-4-7-16(24)9-15/h3-12,14H,1-2H3,(H2,25,26,27,28,29). The number of nitrogens with one attached hydrogen (secondary N) is 2. The summed E-state index contributed by atoms with van der Waals surface area (Å²) in [5, 5.41) is 3.34. The third kappa shape index (κ3) is 3.22. The molecular weight excluding hydrogens is 395 g/mol. The van der Waals surface area contributed by atoms with Crippen molar-refractivity contribution in [2.24, 2.45) is 0 Å². The first-order chi connectivity index (χ1) is 15.0. The molecule has 31 heavy (non-hydrogen) atoms.